The maximum Gasteiger partial charge on any atom is 0.295 e. The molecule has 0 aliphatic carbocycles. The Morgan fingerprint density at radius 3 is 2.59 bits per heavy atom. The van der Waals surface area contributed by atoms with Crippen LogP contribution in [0.15, 0.2) is 47.4 Å². The summed E-state index contributed by atoms with van der Waals surface area (Å²) in [6.45, 7) is 7.72. The van der Waals surface area contributed by atoms with Crippen molar-refractivity contribution in [3.63, 3.8) is 0 Å². The van der Waals surface area contributed by atoms with Crippen molar-refractivity contribution in [2.75, 3.05) is 31.1 Å². The molecule has 0 saturated carbocycles. The van der Waals surface area contributed by atoms with Crippen LogP contribution in [-0.2, 0) is 11.3 Å². The van der Waals surface area contributed by atoms with Crippen LogP contribution in [0, 0.1) is 18.8 Å². The zero-order chi connectivity index (χ0) is 23.7. The minimum atomic E-state index is -0.147. The number of likely N-dealkylation sites (tertiary alicyclic amines) is 1. The van der Waals surface area contributed by atoms with Gasteiger partial charge >= 0.3 is 0 Å². The Hall–Kier alpha value is -3.22. The van der Waals surface area contributed by atoms with Gasteiger partial charge in [0, 0.05) is 32.4 Å². The number of carbonyl (C=O) groups excluding carboxylic acids is 1. The molecule has 4 heterocycles. The summed E-state index contributed by atoms with van der Waals surface area (Å²) in [6, 6.07) is 12.0. The van der Waals surface area contributed by atoms with Crippen LogP contribution in [0.4, 0.5) is 5.82 Å². The Morgan fingerprint density at radius 2 is 1.82 bits per heavy atom. The normalized spacial score (nSPS) is 19.5. The Balaban J connectivity index is 1.45. The van der Waals surface area contributed by atoms with Crippen molar-refractivity contribution in [2.45, 2.75) is 46.1 Å². The van der Waals surface area contributed by atoms with E-state index in [0.29, 0.717) is 36.0 Å². The molecule has 0 bridgehead atoms. The molecule has 2 aliphatic rings. The summed E-state index contributed by atoms with van der Waals surface area (Å²) in [5, 5.41) is 0. The number of piperidine rings is 2. The molecule has 7 nitrogen and oxygen atoms in total. The second-order valence-corrected chi connectivity index (χ2v) is 9.95. The Labute approximate surface area is 200 Å². The van der Waals surface area contributed by atoms with Crippen LogP contribution in [-0.4, -0.2) is 51.5 Å². The second kappa shape index (κ2) is 9.57. The number of carbonyl (C=O) groups is 1. The van der Waals surface area contributed by atoms with E-state index in [0.717, 1.165) is 50.9 Å². The van der Waals surface area contributed by atoms with E-state index in [4.69, 9.17) is 4.98 Å². The first-order valence-electron chi connectivity index (χ1n) is 12.4. The predicted octanol–water partition coefficient (Wildman–Crippen LogP) is 3.62. The summed E-state index contributed by atoms with van der Waals surface area (Å²) in [5.74, 6) is 1.27. The van der Waals surface area contributed by atoms with Gasteiger partial charge in [0.2, 0.25) is 5.91 Å². The molecule has 2 saturated heterocycles. The number of fused-ring (bicyclic) bond motifs is 1. The quantitative estimate of drug-likeness (QED) is 0.596. The van der Waals surface area contributed by atoms with Gasteiger partial charge in [0.1, 0.15) is 5.52 Å². The van der Waals surface area contributed by atoms with E-state index < -0.39 is 0 Å². The molecule has 0 radical (unpaired) electrons. The largest absolute Gasteiger partial charge is 0.351 e. The van der Waals surface area contributed by atoms with Gasteiger partial charge < -0.3 is 9.80 Å². The Morgan fingerprint density at radius 1 is 1.06 bits per heavy atom. The monoisotopic (exact) mass is 459 g/mol. The van der Waals surface area contributed by atoms with Crippen molar-refractivity contribution < 1.29 is 4.79 Å². The smallest absolute Gasteiger partial charge is 0.295 e. The minimum Gasteiger partial charge on any atom is -0.351 e. The predicted molar refractivity (Wildman–Crippen MR) is 134 cm³/mol. The molecular formula is C27H33N5O2. The number of rotatable bonds is 4. The molecule has 2 aromatic heterocycles. The first-order valence-corrected chi connectivity index (χ1v) is 12.4. The third-order valence-electron chi connectivity index (χ3n) is 7.31. The van der Waals surface area contributed by atoms with Gasteiger partial charge in [0.15, 0.2) is 11.5 Å². The van der Waals surface area contributed by atoms with Crippen LogP contribution >= 0.6 is 0 Å². The highest BCUT2D eigenvalue weighted by Crippen LogP contribution is 2.25. The topological polar surface area (TPSA) is 71.3 Å². The molecular weight excluding hydrogens is 426 g/mol. The number of aryl methyl sites for hydroxylation is 1. The molecule has 1 aromatic carbocycles. The molecule has 3 aromatic rings. The van der Waals surface area contributed by atoms with Gasteiger partial charge in [-0.2, -0.15) is 0 Å². The molecule has 1 atom stereocenters. The number of benzene rings is 1. The maximum absolute atomic E-state index is 13.7. The zero-order valence-corrected chi connectivity index (χ0v) is 20.1. The Bertz CT molecular complexity index is 1230. The van der Waals surface area contributed by atoms with Crippen molar-refractivity contribution in [1.29, 1.82) is 0 Å². The molecule has 7 heteroatoms. The van der Waals surface area contributed by atoms with E-state index >= 15 is 0 Å². The number of aromatic nitrogens is 3. The molecule has 0 spiro atoms. The second-order valence-electron chi connectivity index (χ2n) is 9.95. The number of nitrogens with zero attached hydrogens (tertiary/aromatic N) is 5. The van der Waals surface area contributed by atoms with Crippen LogP contribution in [0.25, 0.3) is 11.2 Å². The summed E-state index contributed by atoms with van der Waals surface area (Å²) in [4.78, 5) is 40.2. The molecule has 0 N–H and O–H groups in total. The van der Waals surface area contributed by atoms with Crippen LogP contribution in [0.1, 0.15) is 43.7 Å². The molecule has 1 amide bonds. The van der Waals surface area contributed by atoms with Crippen molar-refractivity contribution in [3.8, 4) is 0 Å². The summed E-state index contributed by atoms with van der Waals surface area (Å²) < 4.78 is 1.72. The lowest BCUT2D eigenvalue weighted by Crippen LogP contribution is -2.48. The fraction of sp³-hybridized carbons (Fsp3) is 0.481. The molecule has 2 fully saturated rings. The minimum absolute atomic E-state index is 0.0847. The zero-order valence-electron chi connectivity index (χ0n) is 20.1. The fourth-order valence-electron chi connectivity index (χ4n) is 5.15. The summed E-state index contributed by atoms with van der Waals surface area (Å²) in [7, 11) is 0. The van der Waals surface area contributed by atoms with Crippen molar-refractivity contribution in [2.24, 2.45) is 11.8 Å². The van der Waals surface area contributed by atoms with E-state index in [2.05, 4.69) is 31.0 Å². The van der Waals surface area contributed by atoms with Crippen LogP contribution in [0.5, 0.6) is 0 Å². The SMILES string of the molecule is Cc1ccc(Cn2c(=O)c(N3CCCC(C(=O)N4CCC(C)CC4)C3)nc3cccnc32)cc1. The third-order valence-corrected chi connectivity index (χ3v) is 7.31. The van der Waals surface area contributed by atoms with E-state index in [-0.39, 0.29) is 17.4 Å². The number of pyridine rings is 1. The first-order chi connectivity index (χ1) is 16.5. The lowest BCUT2D eigenvalue weighted by atomic mass is 9.93. The highest BCUT2D eigenvalue weighted by Gasteiger charge is 2.32. The lowest BCUT2D eigenvalue weighted by molar-refractivity contribution is -0.137. The fourth-order valence-corrected chi connectivity index (χ4v) is 5.15. The summed E-state index contributed by atoms with van der Waals surface area (Å²) in [6.07, 6.45) is 5.60. The highest BCUT2D eigenvalue weighted by atomic mass is 16.2. The number of amides is 1. The van der Waals surface area contributed by atoms with E-state index in [1.54, 1.807) is 10.8 Å². The number of anilines is 1. The number of hydrogen-bond donors (Lipinski definition) is 0. The van der Waals surface area contributed by atoms with Gasteiger partial charge in [-0.05, 0) is 56.2 Å². The lowest BCUT2D eigenvalue weighted by Gasteiger charge is -2.37. The molecule has 34 heavy (non-hydrogen) atoms. The highest BCUT2D eigenvalue weighted by molar-refractivity contribution is 5.80. The number of hydrogen-bond acceptors (Lipinski definition) is 5. The van der Waals surface area contributed by atoms with Crippen molar-refractivity contribution in [1.82, 2.24) is 19.4 Å². The van der Waals surface area contributed by atoms with Gasteiger partial charge in [0.25, 0.3) is 5.56 Å². The van der Waals surface area contributed by atoms with Gasteiger partial charge in [-0.3, -0.25) is 14.2 Å². The summed E-state index contributed by atoms with van der Waals surface area (Å²) >= 11 is 0. The molecule has 5 rings (SSSR count). The van der Waals surface area contributed by atoms with Crippen LogP contribution in [0.2, 0.25) is 0 Å². The molecule has 1 unspecified atom stereocenters. The van der Waals surface area contributed by atoms with E-state index in [1.807, 2.05) is 34.1 Å². The summed E-state index contributed by atoms with van der Waals surface area (Å²) in [5.41, 5.74) is 3.36. The van der Waals surface area contributed by atoms with E-state index in [9.17, 15) is 9.59 Å². The van der Waals surface area contributed by atoms with Gasteiger partial charge in [-0.25, -0.2) is 9.97 Å². The average Bonchev–Trinajstić information content (AvgIpc) is 2.87. The Kier molecular flexibility index (Phi) is 6.35. The van der Waals surface area contributed by atoms with Crippen molar-refractivity contribution >= 4 is 22.9 Å². The maximum atomic E-state index is 13.7. The van der Waals surface area contributed by atoms with Gasteiger partial charge in [0.05, 0.1) is 12.5 Å². The van der Waals surface area contributed by atoms with Crippen LogP contribution < -0.4 is 10.5 Å². The average molecular weight is 460 g/mol. The molecule has 2 aliphatic heterocycles. The van der Waals surface area contributed by atoms with Crippen molar-refractivity contribution in [3.05, 3.63) is 64.1 Å². The van der Waals surface area contributed by atoms with Gasteiger partial charge in [-0.1, -0.05) is 36.8 Å². The third kappa shape index (κ3) is 4.56. The van der Waals surface area contributed by atoms with E-state index in [1.165, 1.54) is 5.56 Å². The first kappa shape index (κ1) is 22.6. The standard InChI is InChI=1S/C27H33N5O2/c1-19-7-9-21(10-8-19)17-32-24-23(6-3-13-28-24)29-25(27(32)34)31-14-4-5-22(18-31)26(33)30-15-11-20(2)12-16-30/h3,6-10,13,20,22H,4-5,11-12,14-18H2,1-2H3. The molecule has 178 valence electrons. The van der Waals surface area contributed by atoms with Crippen LogP contribution in [0.3, 0.4) is 0 Å². The van der Waals surface area contributed by atoms with Gasteiger partial charge in [-0.15, -0.1) is 0 Å².